The average molecular weight is 264 g/mol. The first-order valence-electron chi connectivity index (χ1n) is 6.30. The number of nitrogens with zero attached hydrogens (tertiary/aromatic N) is 1. The molecule has 0 radical (unpaired) electrons. The normalized spacial score (nSPS) is 19.3. The highest BCUT2D eigenvalue weighted by Crippen LogP contribution is 2.29. The van der Waals surface area contributed by atoms with Gasteiger partial charge in [-0.2, -0.15) is 0 Å². The second-order valence-corrected chi connectivity index (χ2v) is 5.11. The number of carbonyl (C=O) groups is 1. The third-order valence-electron chi connectivity index (χ3n) is 3.52. The van der Waals surface area contributed by atoms with Gasteiger partial charge in [-0.1, -0.05) is 6.92 Å². The molecule has 0 aliphatic carbocycles. The fraction of sp³-hybridized carbons (Fsp3) is 0.917. The summed E-state index contributed by atoms with van der Waals surface area (Å²) in [6.07, 6.45) is -0.507. The zero-order chi connectivity index (χ0) is 13.6. The molecule has 2 N–H and O–H groups in total. The molecule has 0 bridgehead atoms. The fourth-order valence-electron chi connectivity index (χ4n) is 1.99. The number of rotatable bonds is 6. The number of alkyl halides is 2. The van der Waals surface area contributed by atoms with Crippen LogP contribution in [0.2, 0.25) is 0 Å². The third kappa shape index (κ3) is 4.86. The molecule has 1 aliphatic heterocycles. The summed E-state index contributed by atoms with van der Waals surface area (Å²) in [6.45, 7) is 3.61. The molecular weight excluding hydrogens is 242 g/mol. The Bertz CT molecular complexity index is 267. The summed E-state index contributed by atoms with van der Waals surface area (Å²) in [5, 5.41) is 0. The Morgan fingerprint density at radius 3 is 2.56 bits per heavy atom. The van der Waals surface area contributed by atoms with E-state index in [9.17, 15) is 13.6 Å². The maximum atomic E-state index is 11.8. The van der Waals surface area contributed by atoms with Gasteiger partial charge in [0.05, 0.1) is 13.0 Å². The Balaban J connectivity index is 2.20. The van der Waals surface area contributed by atoms with Gasteiger partial charge in [0.15, 0.2) is 0 Å². The second kappa shape index (κ2) is 6.99. The highest BCUT2D eigenvalue weighted by molar-refractivity contribution is 5.76. The van der Waals surface area contributed by atoms with Crippen LogP contribution in [0.25, 0.3) is 0 Å². The van der Waals surface area contributed by atoms with Crippen LogP contribution in [0.4, 0.5) is 8.78 Å². The summed E-state index contributed by atoms with van der Waals surface area (Å²) >= 11 is 0. The van der Waals surface area contributed by atoms with Crippen LogP contribution in [0, 0.1) is 5.41 Å². The lowest BCUT2D eigenvalue weighted by molar-refractivity contribution is -0.134. The van der Waals surface area contributed by atoms with Gasteiger partial charge in [-0.3, -0.25) is 4.79 Å². The summed E-state index contributed by atoms with van der Waals surface area (Å²) in [7, 11) is 0. The molecule has 18 heavy (non-hydrogen) atoms. The highest BCUT2D eigenvalue weighted by Gasteiger charge is 2.30. The van der Waals surface area contributed by atoms with Crippen molar-refractivity contribution in [2.75, 3.05) is 32.8 Å². The molecule has 0 aromatic heterocycles. The topological polar surface area (TPSA) is 55.6 Å². The summed E-state index contributed by atoms with van der Waals surface area (Å²) in [5.41, 5.74) is 5.82. The summed E-state index contributed by atoms with van der Waals surface area (Å²) in [4.78, 5) is 13.5. The van der Waals surface area contributed by atoms with Crippen LogP contribution in [0.5, 0.6) is 0 Å². The lowest BCUT2D eigenvalue weighted by atomic mass is 9.80. The summed E-state index contributed by atoms with van der Waals surface area (Å²) in [5.74, 6) is -0.0247. The molecule has 1 fully saturated rings. The first-order valence-corrected chi connectivity index (χ1v) is 6.30. The molecular formula is C12H22F2N2O2. The van der Waals surface area contributed by atoms with E-state index in [1.165, 1.54) is 0 Å². The SMILES string of the molecule is CC1(CN)CCN(C(=O)CCOCC(F)F)CC1. The van der Waals surface area contributed by atoms with Gasteiger partial charge < -0.3 is 15.4 Å². The van der Waals surface area contributed by atoms with E-state index >= 15 is 0 Å². The minimum atomic E-state index is -2.47. The Kier molecular flexibility index (Phi) is 5.95. The molecule has 1 rings (SSSR count). The predicted octanol–water partition coefficient (Wildman–Crippen LogP) is 1.25. The van der Waals surface area contributed by atoms with Crippen molar-refractivity contribution in [3.05, 3.63) is 0 Å². The maximum absolute atomic E-state index is 11.8. The van der Waals surface area contributed by atoms with Crippen molar-refractivity contribution in [3.63, 3.8) is 0 Å². The van der Waals surface area contributed by atoms with Crippen LogP contribution in [0.1, 0.15) is 26.2 Å². The minimum Gasteiger partial charge on any atom is -0.375 e. The smallest absolute Gasteiger partial charge is 0.261 e. The number of hydrogen-bond acceptors (Lipinski definition) is 3. The number of likely N-dealkylation sites (tertiary alicyclic amines) is 1. The quantitative estimate of drug-likeness (QED) is 0.734. The lowest BCUT2D eigenvalue weighted by Gasteiger charge is -2.38. The van der Waals surface area contributed by atoms with E-state index in [1.807, 2.05) is 0 Å². The highest BCUT2D eigenvalue weighted by atomic mass is 19.3. The van der Waals surface area contributed by atoms with Gasteiger partial charge in [0, 0.05) is 13.1 Å². The Morgan fingerprint density at radius 2 is 2.06 bits per heavy atom. The molecule has 6 heteroatoms. The lowest BCUT2D eigenvalue weighted by Crippen LogP contribution is -2.45. The van der Waals surface area contributed by atoms with Crippen LogP contribution < -0.4 is 5.73 Å². The van der Waals surface area contributed by atoms with E-state index in [2.05, 4.69) is 6.92 Å². The molecule has 1 heterocycles. The second-order valence-electron chi connectivity index (χ2n) is 5.11. The van der Waals surface area contributed by atoms with Crippen molar-refractivity contribution in [2.45, 2.75) is 32.6 Å². The number of carbonyl (C=O) groups excluding carboxylic acids is 1. The average Bonchev–Trinajstić information content (AvgIpc) is 2.35. The monoisotopic (exact) mass is 264 g/mol. The Morgan fingerprint density at radius 1 is 1.44 bits per heavy atom. The zero-order valence-electron chi connectivity index (χ0n) is 10.8. The fourth-order valence-corrected chi connectivity index (χ4v) is 1.99. The van der Waals surface area contributed by atoms with Crippen LogP contribution in [0.15, 0.2) is 0 Å². The van der Waals surface area contributed by atoms with Crippen molar-refractivity contribution in [1.29, 1.82) is 0 Å². The van der Waals surface area contributed by atoms with Crippen LogP contribution >= 0.6 is 0 Å². The van der Waals surface area contributed by atoms with Gasteiger partial charge in [0.25, 0.3) is 6.43 Å². The number of nitrogens with two attached hydrogens (primary N) is 1. The molecule has 1 amide bonds. The van der Waals surface area contributed by atoms with Crippen molar-refractivity contribution in [1.82, 2.24) is 4.90 Å². The molecule has 0 saturated carbocycles. The van der Waals surface area contributed by atoms with E-state index in [-0.39, 0.29) is 24.3 Å². The molecule has 0 aromatic rings. The standard InChI is InChI=1S/C12H22F2N2O2/c1-12(9-15)3-5-16(6-4-12)11(17)2-7-18-8-10(13)14/h10H,2-9,15H2,1H3. The zero-order valence-corrected chi connectivity index (χ0v) is 10.8. The number of hydrogen-bond donors (Lipinski definition) is 1. The third-order valence-corrected chi connectivity index (χ3v) is 3.52. The molecule has 0 aromatic carbocycles. The van der Waals surface area contributed by atoms with E-state index in [4.69, 9.17) is 10.5 Å². The molecule has 0 unspecified atom stereocenters. The number of piperidine rings is 1. The van der Waals surface area contributed by atoms with Gasteiger partial charge in [-0.15, -0.1) is 0 Å². The van der Waals surface area contributed by atoms with E-state index in [0.717, 1.165) is 12.8 Å². The minimum absolute atomic E-state index is 0.0247. The maximum Gasteiger partial charge on any atom is 0.261 e. The number of halogens is 2. The molecule has 0 spiro atoms. The van der Waals surface area contributed by atoms with Crippen LogP contribution in [-0.2, 0) is 9.53 Å². The predicted molar refractivity (Wildman–Crippen MR) is 64.4 cm³/mol. The summed E-state index contributed by atoms with van der Waals surface area (Å²) < 4.78 is 28.3. The van der Waals surface area contributed by atoms with Crippen molar-refractivity contribution < 1.29 is 18.3 Å². The molecule has 4 nitrogen and oxygen atoms in total. The van der Waals surface area contributed by atoms with E-state index < -0.39 is 13.0 Å². The first-order chi connectivity index (χ1) is 8.47. The van der Waals surface area contributed by atoms with Gasteiger partial charge in [0.2, 0.25) is 5.91 Å². The van der Waals surface area contributed by atoms with Gasteiger partial charge in [0.1, 0.15) is 6.61 Å². The largest absolute Gasteiger partial charge is 0.375 e. The van der Waals surface area contributed by atoms with Gasteiger partial charge in [-0.05, 0) is 24.8 Å². The molecule has 0 atom stereocenters. The van der Waals surface area contributed by atoms with Crippen molar-refractivity contribution >= 4 is 5.91 Å². The van der Waals surface area contributed by atoms with Crippen molar-refractivity contribution in [2.24, 2.45) is 11.1 Å². The number of ether oxygens (including phenoxy) is 1. The Hall–Kier alpha value is -0.750. The van der Waals surface area contributed by atoms with Crippen molar-refractivity contribution in [3.8, 4) is 0 Å². The first kappa shape index (κ1) is 15.3. The summed E-state index contributed by atoms with van der Waals surface area (Å²) in [6, 6.07) is 0. The Labute approximate surface area is 106 Å². The van der Waals surface area contributed by atoms with E-state index in [0.29, 0.717) is 19.6 Å². The van der Waals surface area contributed by atoms with Gasteiger partial charge >= 0.3 is 0 Å². The number of amides is 1. The molecule has 106 valence electrons. The molecule has 1 saturated heterocycles. The van der Waals surface area contributed by atoms with Gasteiger partial charge in [-0.25, -0.2) is 8.78 Å². The van der Waals surface area contributed by atoms with Crippen LogP contribution in [0.3, 0.4) is 0 Å². The molecule has 1 aliphatic rings. The van der Waals surface area contributed by atoms with Crippen LogP contribution in [-0.4, -0.2) is 50.1 Å². The van der Waals surface area contributed by atoms with E-state index in [1.54, 1.807) is 4.90 Å².